The van der Waals surface area contributed by atoms with Gasteiger partial charge in [-0.1, -0.05) is 17.7 Å². The van der Waals surface area contributed by atoms with Gasteiger partial charge in [-0.05, 0) is 50.1 Å². The standard InChI is InChI=1S/C22H23N3O5S/c1-15-4-6-16(7-5-15)22-24-17(14-30-22)13-29-20-9-8-18(12-19(20)21(23)26)31(27,28)25-10-2-3-11-25/h4-9,12,14H,2-3,10-11,13H2,1H3,(H2,23,26). The second-order valence-corrected chi connectivity index (χ2v) is 9.37. The number of benzene rings is 2. The minimum absolute atomic E-state index is 0.00234. The van der Waals surface area contributed by atoms with Crippen LogP contribution < -0.4 is 10.5 Å². The second-order valence-electron chi connectivity index (χ2n) is 7.43. The molecule has 0 radical (unpaired) electrons. The van der Waals surface area contributed by atoms with E-state index in [9.17, 15) is 13.2 Å². The van der Waals surface area contributed by atoms with Gasteiger partial charge < -0.3 is 14.9 Å². The van der Waals surface area contributed by atoms with E-state index >= 15 is 0 Å². The Hall–Kier alpha value is -3.17. The molecular formula is C22H23N3O5S. The Kier molecular flexibility index (Phi) is 5.79. The molecule has 8 nitrogen and oxygen atoms in total. The predicted molar refractivity (Wildman–Crippen MR) is 114 cm³/mol. The number of oxazole rings is 1. The maximum absolute atomic E-state index is 12.8. The molecule has 1 amide bonds. The fourth-order valence-corrected chi connectivity index (χ4v) is 4.96. The summed E-state index contributed by atoms with van der Waals surface area (Å²) in [5, 5.41) is 0. The van der Waals surface area contributed by atoms with E-state index in [1.54, 1.807) is 0 Å². The number of nitrogens with two attached hydrogens (primary N) is 1. The molecular weight excluding hydrogens is 418 g/mol. The summed E-state index contributed by atoms with van der Waals surface area (Å²) in [5.74, 6) is -0.123. The van der Waals surface area contributed by atoms with E-state index in [0.29, 0.717) is 24.7 Å². The summed E-state index contributed by atoms with van der Waals surface area (Å²) >= 11 is 0. The van der Waals surface area contributed by atoms with Crippen molar-refractivity contribution in [2.45, 2.75) is 31.3 Å². The van der Waals surface area contributed by atoms with Gasteiger partial charge in [0.1, 0.15) is 24.3 Å². The molecule has 0 bridgehead atoms. The summed E-state index contributed by atoms with van der Waals surface area (Å²) < 4.78 is 38.2. The quantitative estimate of drug-likeness (QED) is 0.602. The molecule has 0 unspecified atom stereocenters. The highest BCUT2D eigenvalue weighted by molar-refractivity contribution is 7.89. The smallest absolute Gasteiger partial charge is 0.252 e. The summed E-state index contributed by atoms with van der Waals surface area (Å²) in [6.45, 7) is 2.98. The molecule has 162 valence electrons. The van der Waals surface area contributed by atoms with Crippen molar-refractivity contribution >= 4 is 15.9 Å². The molecule has 0 aliphatic carbocycles. The number of hydrogen-bond donors (Lipinski definition) is 1. The van der Waals surface area contributed by atoms with Crippen LogP contribution in [-0.4, -0.2) is 36.7 Å². The van der Waals surface area contributed by atoms with Crippen molar-refractivity contribution in [1.82, 2.24) is 9.29 Å². The fourth-order valence-electron chi connectivity index (χ4n) is 3.42. The Morgan fingerprint density at radius 1 is 1.16 bits per heavy atom. The van der Waals surface area contributed by atoms with E-state index in [-0.39, 0.29) is 22.8 Å². The molecule has 1 aliphatic heterocycles. The summed E-state index contributed by atoms with van der Waals surface area (Å²) in [4.78, 5) is 16.4. The number of amides is 1. The van der Waals surface area contributed by atoms with Gasteiger partial charge in [-0.25, -0.2) is 13.4 Å². The lowest BCUT2D eigenvalue weighted by atomic mass is 10.1. The number of aromatic nitrogens is 1. The summed E-state index contributed by atoms with van der Waals surface area (Å²) in [6, 6.07) is 11.9. The molecule has 1 fully saturated rings. The minimum Gasteiger partial charge on any atom is -0.486 e. The average molecular weight is 442 g/mol. The van der Waals surface area contributed by atoms with E-state index in [1.807, 2.05) is 31.2 Å². The van der Waals surface area contributed by atoms with Crippen LogP contribution in [0, 0.1) is 6.92 Å². The summed E-state index contributed by atoms with van der Waals surface area (Å²) in [7, 11) is -3.67. The zero-order valence-electron chi connectivity index (χ0n) is 17.1. The minimum atomic E-state index is -3.67. The van der Waals surface area contributed by atoms with Gasteiger partial charge in [0.25, 0.3) is 5.91 Å². The van der Waals surface area contributed by atoms with E-state index in [4.69, 9.17) is 14.9 Å². The van der Waals surface area contributed by atoms with E-state index in [1.165, 1.54) is 28.8 Å². The molecule has 3 aromatic rings. The van der Waals surface area contributed by atoms with E-state index < -0.39 is 15.9 Å². The molecule has 1 aliphatic rings. The molecule has 4 rings (SSSR count). The zero-order valence-corrected chi connectivity index (χ0v) is 17.9. The Bertz CT molecular complexity index is 1200. The van der Waals surface area contributed by atoms with Crippen LogP contribution in [0.2, 0.25) is 0 Å². The van der Waals surface area contributed by atoms with Crippen LogP contribution in [0.3, 0.4) is 0 Å². The van der Waals surface area contributed by atoms with Gasteiger partial charge >= 0.3 is 0 Å². The first kappa shape index (κ1) is 21.1. The molecule has 2 N–H and O–H groups in total. The highest BCUT2D eigenvalue weighted by atomic mass is 32.2. The Morgan fingerprint density at radius 2 is 1.87 bits per heavy atom. The predicted octanol–water partition coefficient (Wildman–Crippen LogP) is 3.11. The maximum atomic E-state index is 12.8. The van der Waals surface area contributed by atoms with Crippen LogP contribution in [0.15, 0.2) is 58.0 Å². The third-order valence-corrected chi connectivity index (χ3v) is 7.04. The van der Waals surface area contributed by atoms with Crippen LogP contribution >= 0.6 is 0 Å². The maximum Gasteiger partial charge on any atom is 0.252 e. The van der Waals surface area contributed by atoms with Gasteiger partial charge in [-0.15, -0.1) is 0 Å². The highest BCUT2D eigenvalue weighted by Gasteiger charge is 2.28. The molecule has 1 saturated heterocycles. The first-order valence-corrected chi connectivity index (χ1v) is 11.4. The lowest BCUT2D eigenvalue weighted by Gasteiger charge is -2.17. The number of primary amides is 1. The van der Waals surface area contributed by atoms with Crippen LogP contribution in [-0.2, 0) is 16.6 Å². The molecule has 31 heavy (non-hydrogen) atoms. The third kappa shape index (κ3) is 4.47. The molecule has 0 atom stereocenters. The van der Waals surface area contributed by atoms with Gasteiger partial charge in [-0.2, -0.15) is 4.31 Å². The SMILES string of the molecule is Cc1ccc(-c2nc(COc3ccc(S(=O)(=O)N4CCCC4)cc3C(N)=O)co2)cc1. The van der Waals surface area contributed by atoms with Crippen molar-refractivity contribution < 1.29 is 22.4 Å². The van der Waals surface area contributed by atoms with Gasteiger partial charge in [0.15, 0.2) is 0 Å². The number of nitrogens with zero attached hydrogens (tertiary/aromatic N) is 2. The number of hydrogen-bond acceptors (Lipinski definition) is 6. The zero-order chi connectivity index (χ0) is 22.0. The molecule has 1 aromatic heterocycles. The van der Waals surface area contributed by atoms with Gasteiger partial charge in [0.05, 0.1) is 10.5 Å². The Labute approximate surface area is 180 Å². The molecule has 0 saturated carbocycles. The Balaban J connectivity index is 1.52. The lowest BCUT2D eigenvalue weighted by Crippen LogP contribution is -2.28. The van der Waals surface area contributed by atoms with Crippen molar-refractivity contribution in [1.29, 1.82) is 0 Å². The van der Waals surface area contributed by atoms with Crippen LogP contribution in [0.25, 0.3) is 11.5 Å². The first-order valence-electron chi connectivity index (χ1n) is 9.93. The fraction of sp³-hybridized carbons (Fsp3) is 0.273. The number of rotatable bonds is 7. The first-order chi connectivity index (χ1) is 14.8. The van der Waals surface area contributed by atoms with E-state index in [0.717, 1.165) is 24.0 Å². The van der Waals surface area contributed by atoms with Crippen molar-refractivity contribution in [3.8, 4) is 17.2 Å². The second kappa shape index (κ2) is 8.52. The van der Waals surface area contributed by atoms with Crippen LogP contribution in [0.4, 0.5) is 0 Å². The number of carbonyl (C=O) groups is 1. The van der Waals surface area contributed by atoms with Crippen molar-refractivity contribution in [2.24, 2.45) is 5.73 Å². The molecule has 2 heterocycles. The molecule has 9 heteroatoms. The van der Waals surface area contributed by atoms with Crippen molar-refractivity contribution in [3.05, 3.63) is 65.5 Å². The monoisotopic (exact) mass is 441 g/mol. The summed E-state index contributed by atoms with van der Waals surface area (Å²) in [6.07, 6.45) is 3.13. The average Bonchev–Trinajstić information content (AvgIpc) is 3.45. The van der Waals surface area contributed by atoms with Crippen molar-refractivity contribution in [3.63, 3.8) is 0 Å². The largest absolute Gasteiger partial charge is 0.486 e. The number of carbonyl (C=O) groups excluding carboxylic acids is 1. The number of ether oxygens (including phenoxy) is 1. The van der Waals surface area contributed by atoms with Crippen LogP contribution in [0.1, 0.15) is 34.5 Å². The number of aryl methyl sites for hydroxylation is 1. The Morgan fingerprint density at radius 3 is 2.55 bits per heavy atom. The normalized spacial score (nSPS) is 14.6. The number of sulfonamides is 1. The molecule has 0 spiro atoms. The highest BCUT2D eigenvalue weighted by Crippen LogP contribution is 2.27. The van der Waals surface area contributed by atoms with Crippen molar-refractivity contribution in [2.75, 3.05) is 13.1 Å². The van der Waals surface area contributed by atoms with E-state index in [2.05, 4.69) is 4.98 Å². The van der Waals surface area contributed by atoms with Gasteiger partial charge in [-0.3, -0.25) is 4.79 Å². The van der Waals surface area contributed by atoms with Gasteiger partial charge in [0, 0.05) is 18.7 Å². The molecule has 2 aromatic carbocycles. The summed E-state index contributed by atoms with van der Waals surface area (Å²) in [5.41, 5.74) is 7.98. The third-order valence-electron chi connectivity index (χ3n) is 5.15. The van der Waals surface area contributed by atoms with Crippen LogP contribution in [0.5, 0.6) is 5.75 Å². The lowest BCUT2D eigenvalue weighted by molar-refractivity contribution is 0.0995. The van der Waals surface area contributed by atoms with Gasteiger partial charge in [0.2, 0.25) is 15.9 Å². The topological polar surface area (TPSA) is 116 Å².